The lowest BCUT2D eigenvalue weighted by Gasteiger charge is -2.06. The summed E-state index contributed by atoms with van der Waals surface area (Å²) in [6.45, 7) is 4.06. The molecule has 0 fully saturated rings. The molecule has 0 amide bonds. The molecular weight excluding hydrogens is 337 g/mol. The van der Waals surface area contributed by atoms with Crippen LogP contribution >= 0.6 is 22.6 Å². The van der Waals surface area contributed by atoms with Gasteiger partial charge in [-0.3, -0.25) is 4.68 Å². The van der Waals surface area contributed by atoms with Gasteiger partial charge in [0, 0.05) is 11.3 Å². The standard InChI is InChI=1S/C12H11F2IN2/c1-7-12(15)8(2)17(16-7)6-9-5-10(13)3-4-11(9)14/h3-5H,6H2,1-2H3. The van der Waals surface area contributed by atoms with Crippen LogP contribution in [0.25, 0.3) is 0 Å². The summed E-state index contributed by atoms with van der Waals surface area (Å²) in [5.74, 6) is -0.841. The van der Waals surface area contributed by atoms with Gasteiger partial charge in [-0.25, -0.2) is 8.78 Å². The van der Waals surface area contributed by atoms with Crippen molar-refractivity contribution in [2.75, 3.05) is 0 Å². The normalized spacial score (nSPS) is 10.9. The fourth-order valence-corrected chi connectivity index (χ4v) is 2.04. The van der Waals surface area contributed by atoms with Crippen LogP contribution < -0.4 is 0 Å². The van der Waals surface area contributed by atoms with Crippen LogP contribution in [0.15, 0.2) is 18.2 Å². The molecular formula is C12H11F2IN2. The van der Waals surface area contributed by atoms with Gasteiger partial charge in [0.2, 0.25) is 0 Å². The van der Waals surface area contributed by atoms with E-state index in [-0.39, 0.29) is 6.54 Å². The summed E-state index contributed by atoms with van der Waals surface area (Å²) in [6.07, 6.45) is 0. The SMILES string of the molecule is Cc1nn(Cc2cc(F)ccc2F)c(C)c1I. The maximum Gasteiger partial charge on any atom is 0.128 e. The molecule has 0 aliphatic heterocycles. The first-order valence-corrected chi connectivity index (χ1v) is 6.20. The molecule has 1 aromatic heterocycles. The van der Waals surface area contributed by atoms with E-state index in [1.165, 1.54) is 6.07 Å². The van der Waals surface area contributed by atoms with Crippen molar-refractivity contribution in [3.63, 3.8) is 0 Å². The number of hydrogen-bond acceptors (Lipinski definition) is 1. The summed E-state index contributed by atoms with van der Waals surface area (Å²) in [4.78, 5) is 0. The van der Waals surface area contributed by atoms with Crippen LogP contribution in [0.5, 0.6) is 0 Å². The van der Waals surface area contributed by atoms with Gasteiger partial charge in [-0.2, -0.15) is 5.10 Å². The number of aromatic nitrogens is 2. The van der Waals surface area contributed by atoms with E-state index < -0.39 is 11.6 Å². The molecule has 0 aliphatic rings. The lowest BCUT2D eigenvalue weighted by atomic mass is 10.2. The van der Waals surface area contributed by atoms with Crippen LogP contribution in [0.4, 0.5) is 8.78 Å². The minimum Gasteiger partial charge on any atom is -0.264 e. The van der Waals surface area contributed by atoms with E-state index >= 15 is 0 Å². The number of hydrogen-bond donors (Lipinski definition) is 0. The predicted octanol–water partition coefficient (Wildman–Crippen LogP) is 3.43. The topological polar surface area (TPSA) is 17.8 Å². The number of benzene rings is 1. The van der Waals surface area contributed by atoms with Crippen molar-refractivity contribution in [3.8, 4) is 0 Å². The molecule has 0 N–H and O–H groups in total. The lowest BCUT2D eigenvalue weighted by Crippen LogP contribution is -2.06. The number of rotatable bonds is 2. The van der Waals surface area contributed by atoms with Gasteiger partial charge < -0.3 is 0 Å². The Morgan fingerprint density at radius 2 is 2.00 bits per heavy atom. The molecule has 0 unspecified atom stereocenters. The highest BCUT2D eigenvalue weighted by molar-refractivity contribution is 14.1. The first-order valence-electron chi connectivity index (χ1n) is 5.12. The zero-order valence-electron chi connectivity index (χ0n) is 9.47. The molecule has 0 bridgehead atoms. The van der Waals surface area contributed by atoms with Gasteiger partial charge >= 0.3 is 0 Å². The lowest BCUT2D eigenvalue weighted by molar-refractivity contribution is 0.561. The second kappa shape index (κ2) is 4.72. The highest BCUT2D eigenvalue weighted by atomic mass is 127. The Hall–Kier alpha value is -0.980. The van der Waals surface area contributed by atoms with Crippen LogP contribution in [0.2, 0.25) is 0 Å². The van der Waals surface area contributed by atoms with E-state index in [0.29, 0.717) is 5.56 Å². The van der Waals surface area contributed by atoms with Crippen LogP contribution in [0.3, 0.4) is 0 Å². The molecule has 5 heteroatoms. The summed E-state index contributed by atoms with van der Waals surface area (Å²) < 4.78 is 29.3. The number of aryl methyl sites for hydroxylation is 1. The van der Waals surface area contributed by atoms with Crippen molar-refractivity contribution < 1.29 is 8.78 Å². The molecule has 0 radical (unpaired) electrons. The van der Waals surface area contributed by atoms with E-state index in [0.717, 1.165) is 27.1 Å². The van der Waals surface area contributed by atoms with Gasteiger partial charge in [0.05, 0.1) is 15.8 Å². The molecule has 0 saturated carbocycles. The zero-order valence-corrected chi connectivity index (χ0v) is 11.6. The molecule has 2 rings (SSSR count). The maximum absolute atomic E-state index is 13.5. The van der Waals surface area contributed by atoms with Gasteiger partial charge in [-0.15, -0.1) is 0 Å². The summed E-state index contributed by atoms with van der Waals surface area (Å²) in [6, 6.07) is 3.46. The average Bonchev–Trinajstić information content (AvgIpc) is 2.52. The summed E-state index contributed by atoms with van der Waals surface area (Å²) in [7, 11) is 0. The Balaban J connectivity index is 2.37. The third-order valence-corrected chi connectivity index (χ3v) is 4.18. The fourth-order valence-electron chi connectivity index (χ4n) is 1.65. The minimum atomic E-state index is -0.433. The molecule has 90 valence electrons. The van der Waals surface area contributed by atoms with Gasteiger partial charge in [-0.05, 0) is 54.6 Å². The predicted molar refractivity (Wildman–Crippen MR) is 69.9 cm³/mol. The Morgan fingerprint density at radius 1 is 1.29 bits per heavy atom. The smallest absolute Gasteiger partial charge is 0.128 e. The van der Waals surface area contributed by atoms with Crippen LogP contribution in [0, 0.1) is 29.1 Å². The summed E-state index contributed by atoms with van der Waals surface area (Å²) in [5.41, 5.74) is 2.18. The maximum atomic E-state index is 13.5. The number of halogens is 3. The van der Waals surface area contributed by atoms with E-state index in [9.17, 15) is 8.78 Å². The second-order valence-electron chi connectivity index (χ2n) is 3.88. The molecule has 1 heterocycles. The highest BCUT2D eigenvalue weighted by Gasteiger charge is 2.11. The van der Waals surface area contributed by atoms with Crippen molar-refractivity contribution in [2.24, 2.45) is 0 Å². The molecule has 17 heavy (non-hydrogen) atoms. The van der Waals surface area contributed by atoms with E-state index in [4.69, 9.17) is 0 Å². The molecule has 2 aromatic rings. The molecule has 0 saturated heterocycles. The molecule has 2 nitrogen and oxygen atoms in total. The van der Waals surface area contributed by atoms with Crippen molar-refractivity contribution in [1.82, 2.24) is 9.78 Å². The van der Waals surface area contributed by atoms with Gasteiger partial charge in [0.15, 0.2) is 0 Å². The average molecular weight is 348 g/mol. The monoisotopic (exact) mass is 348 g/mol. The van der Waals surface area contributed by atoms with Crippen molar-refractivity contribution in [1.29, 1.82) is 0 Å². The fraction of sp³-hybridized carbons (Fsp3) is 0.250. The first-order chi connectivity index (χ1) is 7.99. The van der Waals surface area contributed by atoms with Crippen LogP contribution in [0.1, 0.15) is 17.0 Å². The molecule has 0 atom stereocenters. The first kappa shape index (κ1) is 12.5. The van der Waals surface area contributed by atoms with Gasteiger partial charge in [0.1, 0.15) is 11.6 Å². The molecule has 0 aliphatic carbocycles. The van der Waals surface area contributed by atoms with E-state index in [1.807, 2.05) is 13.8 Å². The van der Waals surface area contributed by atoms with Crippen LogP contribution in [-0.2, 0) is 6.54 Å². The Bertz CT molecular complexity index is 564. The Morgan fingerprint density at radius 3 is 2.59 bits per heavy atom. The van der Waals surface area contributed by atoms with Gasteiger partial charge in [-0.1, -0.05) is 0 Å². The minimum absolute atomic E-state index is 0.249. The summed E-state index contributed by atoms with van der Waals surface area (Å²) in [5, 5.41) is 4.30. The second-order valence-corrected chi connectivity index (χ2v) is 4.96. The quantitative estimate of drug-likeness (QED) is 0.761. The third-order valence-electron chi connectivity index (χ3n) is 2.62. The Kier molecular flexibility index (Phi) is 3.46. The van der Waals surface area contributed by atoms with Crippen molar-refractivity contribution >= 4 is 22.6 Å². The highest BCUT2D eigenvalue weighted by Crippen LogP contribution is 2.18. The Labute approximate surface area is 112 Å². The van der Waals surface area contributed by atoms with Crippen LogP contribution in [-0.4, -0.2) is 9.78 Å². The zero-order chi connectivity index (χ0) is 12.6. The summed E-state index contributed by atoms with van der Waals surface area (Å²) >= 11 is 2.20. The van der Waals surface area contributed by atoms with E-state index in [2.05, 4.69) is 27.7 Å². The van der Waals surface area contributed by atoms with Crippen molar-refractivity contribution in [3.05, 3.63) is 50.4 Å². The largest absolute Gasteiger partial charge is 0.264 e. The van der Waals surface area contributed by atoms with Gasteiger partial charge in [0.25, 0.3) is 0 Å². The van der Waals surface area contributed by atoms with Crippen molar-refractivity contribution in [2.45, 2.75) is 20.4 Å². The number of nitrogens with zero attached hydrogens (tertiary/aromatic N) is 2. The molecule has 1 aromatic carbocycles. The van der Waals surface area contributed by atoms with E-state index in [1.54, 1.807) is 4.68 Å². The molecule has 0 spiro atoms. The third kappa shape index (κ3) is 2.48.